The maximum Gasteiger partial charge on any atom is 0.335 e. The second kappa shape index (κ2) is 5.65. The van der Waals surface area contributed by atoms with Gasteiger partial charge in [-0.2, -0.15) is 0 Å². The van der Waals surface area contributed by atoms with E-state index in [-0.39, 0.29) is 12.4 Å². The Morgan fingerprint density at radius 3 is 2.71 bits per heavy atom. The summed E-state index contributed by atoms with van der Waals surface area (Å²) < 4.78 is 12.3. The first kappa shape index (κ1) is 14.2. The highest BCUT2D eigenvalue weighted by Crippen LogP contribution is 2.35. The number of hydrogen-bond acceptors (Lipinski definition) is 6. The Morgan fingerprint density at radius 2 is 1.92 bits per heavy atom. The molecule has 0 aliphatic carbocycles. The van der Waals surface area contributed by atoms with E-state index in [0.717, 1.165) is 11.1 Å². The molecule has 0 radical (unpaired) electrons. The smallest absolute Gasteiger partial charge is 0.335 e. The molecule has 0 saturated heterocycles. The van der Waals surface area contributed by atoms with E-state index >= 15 is 0 Å². The number of hydrogen-bond donors (Lipinski definition) is 1. The highest BCUT2D eigenvalue weighted by molar-refractivity contribution is 5.87. The summed E-state index contributed by atoms with van der Waals surface area (Å²) in [5.74, 6) is 0.996. The fraction of sp³-hybridized carbons (Fsp3) is 0.125. The number of carbonyl (C=O) groups is 1. The average molecular weight is 324 g/mol. The molecular weight excluding hydrogens is 312 g/mol. The number of nitrogens with zero attached hydrogens (tertiary/aromatic N) is 4. The quantitative estimate of drug-likeness (QED) is 0.781. The van der Waals surface area contributed by atoms with Crippen LogP contribution in [0.2, 0.25) is 0 Å². The Balaban J connectivity index is 1.62. The van der Waals surface area contributed by atoms with Gasteiger partial charge in [-0.1, -0.05) is 12.1 Å². The van der Waals surface area contributed by atoms with Crippen molar-refractivity contribution < 1.29 is 19.4 Å². The molecule has 1 aliphatic heterocycles. The summed E-state index contributed by atoms with van der Waals surface area (Å²) in [5.41, 5.74) is 1.95. The summed E-state index contributed by atoms with van der Waals surface area (Å²) in [7, 11) is 0. The summed E-state index contributed by atoms with van der Waals surface area (Å²) in [6, 6.07) is 12.1. The number of fused-ring (bicyclic) bond motifs is 1. The van der Waals surface area contributed by atoms with Gasteiger partial charge in [0.15, 0.2) is 17.3 Å². The van der Waals surface area contributed by atoms with Crippen LogP contribution in [-0.2, 0) is 6.54 Å². The molecule has 8 nitrogen and oxygen atoms in total. The topological polar surface area (TPSA) is 99.4 Å². The second-order valence-corrected chi connectivity index (χ2v) is 5.23. The minimum Gasteiger partial charge on any atom is -0.478 e. The molecule has 0 fully saturated rings. The van der Waals surface area contributed by atoms with E-state index in [1.807, 2.05) is 18.2 Å². The molecule has 0 bridgehead atoms. The minimum atomic E-state index is -0.954. The molecule has 2 aromatic carbocycles. The molecule has 1 aromatic heterocycles. The van der Waals surface area contributed by atoms with Crippen LogP contribution in [0.4, 0.5) is 0 Å². The van der Waals surface area contributed by atoms with Crippen molar-refractivity contribution in [2.24, 2.45) is 0 Å². The number of ether oxygens (including phenoxy) is 2. The number of benzene rings is 2. The molecule has 120 valence electrons. The van der Waals surface area contributed by atoms with E-state index in [1.54, 1.807) is 28.9 Å². The van der Waals surface area contributed by atoms with E-state index in [2.05, 4.69) is 15.5 Å². The van der Waals surface area contributed by atoms with Crippen molar-refractivity contribution in [3.8, 4) is 22.9 Å². The lowest BCUT2D eigenvalue weighted by atomic mass is 10.1. The normalized spacial score (nSPS) is 12.3. The third-order valence-electron chi connectivity index (χ3n) is 3.70. The highest BCUT2D eigenvalue weighted by atomic mass is 16.7. The van der Waals surface area contributed by atoms with Crippen molar-refractivity contribution in [1.82, 2.24) is 20.2 Å². The number of carboxylic acid groups (broad SMARTS) is 1. The molecule has 8 heteroatoms. The van der Waals surface area contributed by atoms with Gasteiger partial charge in [0.1, 0.15) is 0 Å². The van der Waals surface area contributed by atoms with Crippen LogP contribution in [0.1, 0.15) is 15.9 Å². The van der Waals surface area contributed by atoms with Gasteiger partial charge < -0.3 is 14.6 Å². The van der Waals surface area contributed by atoms with Gasteiger partial charge in [-0.3, -0.25) is 0 Å². The maximum atomic E-state index is 10.9. The van der Waals surface area contributed by atoms with Gasteiger partial charge in [0, 0.05) is 5.56 Å². The first-order chi connectivity index (χ1) is 11.7. The lowest BCUT2D eigenvalue weighted by Crippen LogP contribution is -2.05. The standard InChI is InChI=1S/C16H12N4O4/c21-16(22)11-3-1-10(2-4-11)8-20-15(17-18-19-20)12-5-6-13-14(7-12)24-9-23-13/h1-7H,8-9H2,(H,21,22). The zero-order chi connectivity index (χ0) is 16.5. The van der Waals surface area contributed by atoms with E-state index in [1.165, 1.54) is 0 Å². The molecule has 0 spiro atoms. The number of tetrazole rings is 1. The fourth-order valence-electron chi connectivity index (χ4n) is 2.48. The van der Waals surface area contributed by atoms with Crippen molar-refractivity contribution in [2.45, 2.75) is 6.54 Å². The molecule has 2 heterocycles. The van der Waals surface area contributed by atoms with Gasteiger partial charge >= 0.3 is 5.97 Å². The van der Waals surface area contributed by atoms with E-state index < -0.39 is 5.97 Å². The van der Waals surface area contributed by atoms with Crippen LogP contribution in [-0.4, -0.2) is 38.1 Å². The summed E-state index contributed by atoms with van der Waals surface area (Å²) in [6.45, 7) is 0.635. The van der Waals surface area contributed by atoms with Crippen LogP contribution in [0.5, 0.6) is 11.5 Å². The van der Waals surface area contributed by atoms with Crippen LogP contribution in [0.3, 0.4) is 0 Å². The third-order valence-corrected chi connectivity index (χ3v) is 3.70. The maximum absolute atomic E-state index is 10.9. The monoisotopic (exact) mass is 324 g/mol. The lowest BCUT2D eigenvalue weighted by Gasteiger charge is -2.06. The SMILES string of the molecule is O=C(O)c1ccc(Cn2nnnc2-c2ccc3c(c2)OCO3)cc1. The zero-order valence-electron chi connectivity index (χ0n) is 12.4. The minimum absolute atomic E-state index is 0.208. The molecule has 1 N–H and O–H groups in total. The molecule has 0 saturated carbocycles. The molecule has 4 rings (SSSR count). The Bertz CT molecular complexity index is 905. The van der Waals surface area contributed by atoms with Gasteiger partial charge in [-0.15, -0.1) is 5.10 Å². The fourth-order valence-corrected chi connectivity index (χ4v) is 2.48. The van der Waals surface area contributed by atoms with Crippen molar-refractivity contribution in [2.75, 3.05) is 6.79 Å². The number of aromatic carboxylic acids is 1. The summed E-state index contributed by atoms with van der Waals surface area (Å²) in [6.07, 6.45) is 0. The third kappa shape index (κ3) is 2.54. The van der Waals surface area contributed by atoms with Gasteiger partial charge in [0.25, 0.3) is 0 Å². The van der Waals surface area contributed by atoms with Crippen molar-refractivity contribution in [3.05, 3.63) is 53.6 Å². The van der Waals surface area contributed by atoms with Gasteiger partial charge in [0.2, 0.25) is 6.79 Å². The van der Waals surface area contributed by atoms with E-state index in [9.17, 15) is 4.79 Å². The average Bonchev–Trinajstić information content (AvgIpc) is 3.23. The van der Waals surface area contributed by atoms with Crippen molar-refractivity contribution >= 4 is 5.97 Å². The van der Waals surface area contributed by atoms with E-state index in [4.69, 9.17) is 14.6 Å². The first-order valence-corrected chi connectivity index (χ1v) is 7.19. The zero-order valence-corrected chi connectivity index (χ0v) is 12.4. The predicted molar refractivity (Wildman–Crippen MR) is 81.9 cm³/mol. The summed E-state index contributed by atoms with van der Waals surface area (Å²) in [4.78, 5) is 10.9. The van der Waals surface area contributed by atoms with E-state index in [0.29, 0.717) is 23.9 Å². The molecular formula is C16H12N4O4. The number of carboxylic acids is 1. The molecule has 3 aromatic rings. The molecule has 0 unspecified atom stereocenters. The van der Waals surface area contributed by atoms with Crippen LogP contribution in [0, 0.1) is 0 Å². The Labute approximate surface area is 136 Å². The van der Waals surface area contributed by atoms with Gasteiger partial charge in [-0.05, 0) is 46.3 Å². The second-order valence-electron chi connectivity index (χ2n) is 5.23. The largest absolute Gasteiger partial charge is 0.478 e. The predicted octanol–water partition coefficient (Wildman–Crippen LogP) is 1.82. The van der Waals surface area contributed by atoms with Crippen molar-refractivity contribution in [1.29, 1.82) is 0 Å². The van der Waals surface area contributed by atoms with Crippen molar-refractivity contribution in [3.63, 3.8) is 0 Å². The van der Waals surface area contributed by atoms with Gasteiger partial charge in [-0.25, -0.2) is 9.48 Å². The Morgan fingerprint density at radius 1 is 1.12 bits per heavy atom. The summed E-state index contributed by atoms with van der Waals surface area (Å²) in [5, 5.41) is 20.7. The number of rotatable bonds is 4. The highest BCUT2D eigenvalue weighted by Gasteiger charge is 2.17. The first-order valence-electron chi connectivity index (χ1n) is 7.19. The number of aromatic nitrogens is 4. The van der Waals surface area contributed by atoms with Crippen LogP contribution in [0.25, 0.3) is 11.4 Å². The lowest BCUT2D eigenvalue weighted by molar-refractivity contribution is 0.0697. The molecule has 0 atom stereocenters. The molecule has 0 amide bonds. The van der Waals surface area contributed by atoms with Gasteiger partial charge in [0.05, 0.1) is 12.1 Å². The summed E-state index contributed by atoms with van der Waals surface area (Å²) >= 11 is 0. The molecule has 1 aliphatic rings. The Hall–Kier alpha value is -3.42. The molecule has 24 heavy (non-hydrogen) atoms. The van der Waals surface area contributed by atoms with Crippen LogP contribution >= 0.6 is 0 Å². The Kier molecular flexibility index (Phi) is 3.34. The van der Waals surface area contributed by atoms with Crippen LogP contribution in [0.15, 0.2) is 42.5 Å². The van der Waals surface area contributed by atoms with Crippen LogP contribution < -0.4 is 9.47 Å².